The molecule has 1 heterocycles. The van der Waals surface area contributed by atoms with Gasteiger partial charge in [0.25, 0.3) is 0 Å². The maximum absolute atomic E-state index is 11.0. The number of hydrogen-bond donors (Lipinski definition) is 1. The predicted molar refractivity (Wildman–Crippen MR) is 74.5 cm³/mol. The third-order valence-electron chi connectivity index (χ3n) is 2.26. The Bertz CT molecular complexity index is 571. The van der Waals surface area contributed by atoms with Crippen LogP contribution in [-0.2, 0) is 4.79 Å². The summed E-state index contributed by atoms with van der Waals surface area (Å²) in [6.07, 6.45) is 1.97. The number of aliphatic hydroxyl groups is 1. The Morgan fingerprint density at radius 3 is 2.56 bits per heavy atom. The summed E-state index contributed by atoms with van der Waals surface area (Å²) in [6.45, 7) is 0. The Hall–Kier alpha value is -2.20. The number of carbonyl (C=O) groups excluding carboxylic acids is 1. The number of hydrogen-bond acceptors (Lipinski definition) is 4. The molecule has 4 heteroatoms. The van der Waals surface area contributed by atoms with Crippen LogP contribution in [-0.4, -0.2) is 17.6 Å². The van der Waals surface area contributed by atoms with Gasteiger partial charge in [-0.2, -0.15) is 0 Å². The van der Waals surface area contributed by atoms with Gasteiger partial charge in [0.05, 0.1) is 16.1 Å². The summed E-state index contributed by atoms with van der Waals surface area (Å²) in [5.74, 6) is -0.0420. The van der Waals surface area contributed by atoms with E-state index < -0.39 is 0 Å². The second-order valence-electron chi connectivity index (χ2n) is 3.49. The molecule has 0 saturated carbocycles. The van der Waals surface area contributed by atoms with Gasteiger partial charge in [-0.3, -0.25) is 9.79 Å². The second kappa shape index (κ2) is 5.93. The molecule has 1 aromatic heterocycles. The number of aldehydes is 1. The topological polar surface area (TPSA) is 49.7 Å². The van der Waals surface area contributed by atoms with Gasteiger partial charge in [0.15, 0.2) is 6.29 Å². The van der Waals surface area contributed by atoms with Crippen LogP contribution in [0.4, 0.5) is 5.69 Å². The molecule has 2 aromatic rings. The van der Waals surface area contributed by atoms with Crippen molar-refractivity contribution in [1.82, 2.24) is 0 Å². The van der Waals surface area contributed by atoms with Crippen molar-refractivity contribution in [3.05, 3.63) is 58.3 Å². The third-order valence-corrected chi connectivity index (χ3v) is 3.14. The van der Waals surface area contributed by atoms with Crippen LogP contribution in [0.1, 0.15) is 4.88 Å². The number of carbonyl (C=O) groups is 1. The zero-order valence-electron chi connectivity index (χ0n) is 9.48. The van der Waals surface area contributed by atoms with Crippen molar-refractivity contribution in [1.29, 1.82) is 0 Å². The van der Waals surface area contributed by atoms with E-state index in [-0.39, 0.29) is 11.3 Å². The fourth-order valence-corrected chi connectivity index (χ4v) is 2.05. The Morgan fingerprint density at radius 2 is 1.94 bits per heavy atom. The summed E-state index contributed by atoms with van der Waals surface area (Å²) in [5, 5.41) is 11.8. The highest BCUT2D eigenvalue weighted by Crippen LogP contribution is 2.20. The van der Waals surface area contributed by atoms with Crippen LogP contribution < -0.4 is 0 Å². The number of aliphatic imine (C=N–C) groups is 1. The summed E-state index contributed by atoms with van der Waals surface area (Å²) >= 11 is 1.37. The van der Waals surface area contributed by atoms with E-state index in [1.54, 1.807) is 6.07 Å². The van der Waals surface area contributed by atoms with Crippen molar-refractivity contribution in [3.8, 4) is 0 Å². The Labute approximate surface area is 109 Å². The number of nitrogens with zero attached hydrogens (tertiary/aromatic N) is 1. The summed E-state index contributed by atoms with van der Waals surface area (Å²) in [7, 11) is 0. The van der Waals surface area contributed by atoms with E-state index in [4.69, 9.17) is 0 Å². The van der Waals surface area contributed by atoms with Gasteiger partial charge < -0.3 is 5.11 Å². The molecule has 0 aliphatic heterocycles. The Morgan fingerprint density at radius 1 is 1.17 bits per heavy atom. The summed E-state index contributed by atoms with van der Waals surface area (Å²) in [6, 6.07) is 12.8. The van der Waals surface area contributed by atoms with E-state index in [1.807, 2.05) is 41.8 Å². The molecule has 1 aromatic carbocycles. The van der Waals surface area contributed by atoms with Crippen LogP contribution in [0.15, 0.2) is 58.4 Å². The van der Waals surface area contributed by atoms with E-state index in [1.165, 1.54) is 17.6 Å². The number of allylic oxidation sites excluding steroid dienone is 1. The second-order valence-corrected chi connectivity index (χ2v) is 4.44. The first-order valence-electron chi connectivity index (χ1n) is 5.32. The van der Waals surface area contributed by atoms with Crippen molar-refractivity contribution in [2.24, 2.45) is 4.99 Å². The summed E-state index contributed by atoms with van der Waals surface area (Å²) in [4.78, 5) is 15.7. The molecule has 0 saturated heterocycles. The van der Waals surface area contributed by atoms with E-state index in [9.17, 15) is 9.90 Å². The molecule has 0 fully saturated rings. The van der Waals surface area contributed by atoms with Crippen LogP contribution >= 0.6 is 11.3 Å². The minimum Gasteiger partial charge on any atom is -0.506 e. The SMILES string of the molecule is O=CC(/C=N\c1ccccc1)=C(\O)c1cccs1. The van der Waals surface area contributed by atoms with Crippen LogP contribution in [0.25, 0.3) is 5.76 Å². The quantitative estimate of drug-likeness (QED) is 0.393. The molecule has 0 radical (unpaired) electrons. The molecule has 0 amide bonds. The summed E-state index contributed by atoms with van der Waals surface area (Å²) < 4.78 is 0. The van der Waals surface area contributed by atoms with Gasteiger partial charge in [-0.25, -0.2) is 0 Å². The smallest absolute Gasteiger partial charge is 0.155 e. The molecule has 1 N–H and O–H groups in total. The average Bonchev–Trinajstić information content (AvgIpc) is 2.94. The van der Waals surface area contributed by atoms with Gasteiger partial charge in [-0.1, -0.05) is 24.3 Å². The lowest BCUT2D eigenvalue weighted by Gasteiger charge is -1.98. The Balaban J connectivity index is 2.28. The maximum Gasteiger partial charge on any atom is 0.155 e. The lowest BCUT2D eigenvalue weighted by atomic mass is 10.2. The highest BCUT2D eigenvalue weighted by Gasteiger charge is 2.06. The van der Waals surface area contributed by atoms with Crippen LogP contribution in [0.5, 0.6) is 0 Å². The van der Waals surface area contributed by atoms with Crippen molar-refractivity contribution in [2.75, 3.05) is 0 Å². The van der Waals surface area contributed by atoms with E-state index in [2.05, 4.69) is 4.99 Å². The summed E-state index contributed by atoms with van der Waals surface area (Å²) in [5.41, 5.74) is 0.900. The number of benzene rings is 1. The van der Waals surface area contributed by atoms with Gasteiger partial charge in [0, 0.05) is 6.21 Å². The highest BCUT2D eigenvalue weighted by molar-refractivity contribution is 7.11. The molecular weight excluding hydrogens is 246 g/mol. The normalized spacial score (nSPS) is 12.4. The first kappa shape index (κ1) is 12.3. The molecule has 0 spiro atoms. The zero-order valence-corrected chi connectivity index (χ0v) is 10.3. The number of rotatable bonds is 4. The standard InChI is InChI=1S/C14H11NO2S/c16-10-11(14(17)13-7-4-8-18-13)9-15-12-5-2-1-3-6-12/h1-10,17H/b14-11-,15-9-. The molecule has 0 aliphatic rings. The van der Waals surface area contributed by atoms with Gasteiger partial charge in [0.2, 0.25) is 0 Å². The van der Waals surface area contributed by atoms with Gasteiger partial charge in [-0.05, 0) is 23.6 Å². The van der Waals surface area contributed by atoms with Gasteiger partial charge >= 0.3 is 0 Å². The lowest BCUT2D eigenvalue weighted by molar-refractivity contribution is -0.104. The fraction of sp³-hybridized carbons (Fsp3) is 0. The average molecular weight is 257 g/mol. The molecule has 18 heavy (non-hydrogen) atoms. The number of aliphatic hydroxyl groups excluding tert-OH is 1. The molecule has 0 atom stereocenters. The van der Waals surface area contributed by atoms with Crippen LogP contribution in [0.3, 0.4) is 0 Å². The third kappa shape index (κ3) is 2.93. The van der Waals surface area contributed by atoms with Gasteiger partial charge in [-0.15, -0.1) is 11.3 Å². The van der Waals surface area contributed by atoms with Gasteiger partial charge in [0.1, 0.15) is 5.76 Å². The van der Waals surface area contributed by atoms with E-state index in [0.29, 0.717) is 11.2 Å². The van der Waals surface area contributed by atoms with Crippen LogP contribution in [0, 0.1) is 0 Å². The monoisotopic (exact) mass is 257 g/mol. The first-order valence-corrected chi connectivity index (χ1v) is 6.20. The molecule has 3 nitrogen and oxygen atoms in total. The van der Waals surface area contributed by atoms with Crippen LogP contribution in [0.2, 0.25) is 0 Å². The molecule has 90 valence electrons. The van der Waals surface area contributed by atoms with Crippen molar-refractivity contribution in [3.63, 3.8) is 0 Å². The lowest BCUT2D eigenvalue weighted by Crippen LogP contribution is -1.92. The minimum absolute atomic E-state index is 0.0420. The number of para-hydroxylation sites is 1. The Kier molecular flexibility index (Phi) is 4.04. The van der Waals surface area contributed by atoms with E-state index in [0.717, 1.165) is 5.69 Å². The van der Waals surface area contributed by atoms with Crippen molar-refractivity contribution >= 4 is 35.3 Å². The molecule has 0 bridgehead atoms. The maximum atomic E-state index is 11.0. The molecule has 0 unspecified atom stereocenters. The molecular formula is C14H11NO2S. The van der Waals surface area contributed by atoms with Crippen molar-refractivity contribution < 1.29 is 9.90 Å². The minimum atomic E-state index is -0.0420. The first-order chi connectivity index (χ1) is 8.81. The zero-order chi connectivity index (χ0) is 12.8. The predicted octanol–water partition coefficient (Wildman–Crippen LogP) is 3.62. The van der Waals surface area contributed by atoms with Crippen molar-refractivity contribution in [2.45, 2.75) is 0 Å². The largest absolute Gasteiger partial charge is 0.506 e. The molecule has 0 aliphatic carbocycles. The highest BCUT2D eigenvalue weighted by atomic mass is 32.1. The number of thiophene rings is 1. The van der Waals surface area contributed by atoms with E-state index >= 15 is 0 Å². The molecule has 2 rings (SSSR count). The fourth-order valence-electron chi connectivity index (χ4n) is 1.36.